The number of nitrogens with zero attached hydrogens (tertiary/aromatic N) is 5. The molecule has 56 heavy (non-hydrogen) atoms. The minimum Gasteiger partial charge on any atom is -0.503 e. The molecule has 6 nitrogen and oxygen atoms in total. The molecule has 0 aliphatic carbocycles. The van der Waals surface area contributed by atoms with Crippen LogP contribution in [0.4, 0.5) is 0 Å². The second kappa shape index (κ2) is 13.4. The smallest absolute Gasteiger partial charge is 0.503 e. The summed E-state index contributed by atoms with van der Waals surface area (Å²) in [5.41, 5.74) is 11.8. The summed E-state index contributed by atoms with van der Waals surface area (Å²) in [5.74, 6) is 2.86. The molecule has 6 aromatic carbocycles. The molecule has 0 fully saturated rings. The summed E-state index contributed by atoms with van der Waals surface area (Å²) < 4.78 is 13.4. The molecule has 0 spiro atoms. The Labute approximate surface area is 340 Å². The zero-order valence-electron chi connectivity index (χ0n) is 32.1. The first-order valence-corrected chi connectivity index (χ1v) is 18.7. The number of ether oxygens (including phenoxy) is 1. The molecule has 0 atom stereocenters. The fraction of sp³-hybridized carbons (Fsp3) is 0.143. The first kappa shape index (κ1) is 35.7. The van der Waals surface area contributed by atoms with E-state index in [0.717, 1.165) is 61.3 Å². The van der Waals surface area contributed by atoms with Gasteiger partial charge in [0.1, 0.15) is 5.82 Å². The Hall–Kier alpha value is -5.97. The Bertz CT molecular complexity index is 3100. The van der Waals surface area contributed by atoms with Crippen LogP contribution in [0.2, 0.25) is 0 Å². The van der Waals surface area contributed by atoms with Crippen LogP contribution in [-0.2, 0) is 33.5 Å². The third kappa shape index (κ3) is 5.66. The van der Waals surface area contributed by atoms with E-state index in [9.17, 15) is 0 Å². The maximum absolute atomic E-state index is 6.70. The van der Waals surface area contributed by atoms with Gasteiger partial charge < -0.3 is 18.4 Å². The van der Waals surface area contributed by atoms with E-state index in [1.807, 2.05) is 30.5 Å². The number of aromatic nitrogens is 5. The third-order valence-corrected chi connectivity index (χ3v) is 10.9. The molecule has 0 saturated carbocycles. The topological polar surface area (TPSA) is 49.8 Å². The van der Waals surface area contributed by atoms with Crippen LogP contribution in [0.25, 0.3) is 77.5 Å². The normalized spacial score (nSPS) is 12.0. The van der Waals surface area contributed by atoms with Crippen molar-refractivity contribution >= 4 is 54.6 Å². The molecule has 276 valence electrons. The molecule has 4 heterocycles. The molecule has 0 saturated heterocycles. The monoisotopic (exact) mass is 908 g/mol. The van der Waals surface area contributed by atoms with Gasteiger partial charge in [0.05, 0.1) is 33.6 Å². The first-order valence-electron chi connectivity index (χ1n) is 18.7. The van der Waals surface area contributed by atoms with Crippen LogP contribution >= 0.6 is 0 Å². The Morgan fingerprint density at radius 3 is 2.02 bits per heavy atom. The van der Waals surface area contributed by atoms with Gasteiger partial charge in [0.15, 0.2) is 0 Å². The summed E-state index contributed by atoms with van der Waals surface area (Å²) in [7, 11) is 2.05. The van der Waals surface area contributed by atoms with Crippen molar-refractivity contribution in [3.8, 4) is 34.4 Å². The van der Waals surface area contributed by atoms with Crippen molar-refractivity contribution in [2.24, 2.45) is 7.05 Å². The maximum Gasteiger partial charge on any atom is 2.00 e. The third-order valence-electron chi connectivity index (χ3n) is 10.9. The molecule has 0 aliphatic heterocycles. The van der Waals surface area contributed by atoms with Gasteiger partial charge in [-0.1, -0.05) is 105 Å². The average Bonchev–Trinajstić information content (AvgIpc) is 3.83. The Kier molecular flexibility index (Phi) is 8.52. The molecule has 0 unspecified atom stereocenters. The van der Waals surface area contributed by atoms with Crippen molar-refractivity contribution in [2.45, 2.75) is 40.0 Å². The molecule has 7 heteroatoms. The van der Waals surface area contributed by atoms with Crippen molar-refractivity contribution in [1.29, 1.82) is 0 Å². The fourth-order valence-corrected chi connectivity index (χ4v) is 8.21. The minimum atomic E-state index is -0.128. The summed E-state index contributed by atoms with van der Waals surface area (Å²) in [5, 5.41) is 4.69. The quantitative estimate of drug-likeness (QED) is 0.162. The molecule has 0 N–H and O–H groups in total. The zero-order valence-corrected chi connectivity index (χ0v) is 34.4. The predicted octanol–water partition coefficient (Wildman–Crippen LogP) is 12.1. The minimum absolute atomic E-state index is 0. The van der Waals surface area contributed by atoms with Gasteiger partial charge in [-0.25, -0.2) is 4.98 Å². The predicted molar refractivity (Wildman–Crippen MR) is 225 cm³/mol. The van der Waals surface area contributed by atoms with Crippen LogP contribution in [-0.4, -0.2) is 23.7 Å². The Morgan fingerprint density at radius 2 is 1.30 bits per heavy atom. The van der Waals surface area contributed by atoms with Crippen LogP contribution in [0.1, 0.15) is 37.5 Å². The summed E-state index contributed by atoms with van der Waals surface area (Å²) in [6.07, 6.45) is 1.91. The van der Waals surface area contributed by atoms with Crippen molar-refractivity contribution in [1.82, 2.24) is 23.7 Å². The van der Waals surface area contributed by atoms with Crippen LogP contribution < -0.4 is 4.74 Å². The number of rotatable bonds is 5. The number of hydrogen-bond donors (Lipinski definition) is 0. The molecule has 4 aromatic heterocycles. The van der Waals surface area contributed by atoms with Gasteiger partial charge in [0.2, 0.25) is 0 Å². The summed E-state index contributed by atoms with van der Waals surface area (Å²) >= 11 is 0. The largest absolute Gasteiger partial charge is 2.00 e. The van der Waals surface area contributed by atoms with Gasteiger partial charge in [-0.2, -0.15) is 6.07 Å². The molecule has 0 amide bonds. The molecule has 10 rings (SSSR count). The van der Waals surface area contributed by atoms with Crippen LogP contribution in [0, 0.1) is 26.0 Å². The van der Waals surface area contributed by atoms with Crippen molar-refractivity contribution in [3.05, 3.63) is 156 Å². The zero-order chi connectivity index (χ0) is 37.6. The number of para-hydroxylation sites is 5. The second-order valence-electron chi connectivity index (χ2n) is 15.6. The number of hydrogen-bond acceptors (Lipinski definition) is 3. The maximum atomic E-state index is 6.70. The van der Waals surface area contributed by atoms with Crippen LogP contribution in [0.3, 0.4) is 0 Å². The van der Waals surface area contributed by atoms with E-state index in [4.69, 9.17) is 14.7 Å². The Balaban J connectivity index is 0.00000410. The summed E-state index contributed by atoms with van der Waals surface area (Å²) in [6.45, 7) is 11.0. The van der Waals surface area contributed by atoms with Gasteiger partial charge in [0, 0.05) is 47.1 Å². The van der Waals surface area contributed by atoms with E-state index in [1.165, 1.54) is 32.9 Å². The van der Waals surface area contributed by atoms with Crippen LogP contribution in [0.15, 0.2) is 128 Å². The van der Waals surface area contributed by atoms with E-state index >= 15 is 0 Å². The van der Waals surface area contributed by atoms with E-state index < -0.39 is 0 Å². The molecular weight excluding hydrogens is 870 g/mol. The van der Waals surface area contributed by atoms with Crippen molar-refractivity contribution in [3.63, 3.8) is 0 Å². The van der Waals surface area contributed by atoms with E-state index in [2.05, 4.69) is 165 Å². The van der Waals surface area contributed by atoms with Crippen molar-refractivity contribution in [2.75, 3.05) is 0 Å². The molecule has 0 radical (unpaired) electrons. The average molecular weight is 909 g/mol. The van der Waals surface area contributed by atoms with Gasteiger partial charge in [0.25, 0.3) is 0 Å². The number of benzene rings is 6. The van der Waals surface area contributed by atoms with E-state index in [1.54, 1.807) is 0 Å². The SMILES string of the molecule is Cc1cccc2c3cccc(C)c3n(-c3ccnc(-n4c5[c-]c(Oc6[c-]c(-c7nc8ccccc8n7C)cc(C(C)(C)C)c6)ccc5c5ccccc54)c3)c12.[Pt+2]. The summed E-state index contributed by atoms with van der Waals surface area (Å²) in [4.78, 5) is 9.98. The first-order chi connectivity index (χ1) is 26.6. The van der Waals surface area contributed by atoms with Crippen LogP contribution in [0.5, 0.6) is 11.5 Å². The van der Waals surface area contributed by atoms with E-state index in [-0.39, 0.29) is 26.5 Å². The number of pyridine rings is 1. The van der Waals surface area contributed by atoms with Gasteiger partial charge in [-0.15, -0.1) is 34.7 Å². The Morgan fingerprint density at radius 1 is 0.625 bits per heavy atom. The number of fused-ring (bicyclic) bond motifs is 7. The molecule has 0 bridgehead atoms. The fourth-order valence-electron chi connectivity index (χ4n) is 8.21. The molecular formula is C49H39N5OPt. The van der Waals surface area contributed by atoms with Crippen molar-refractivity contribution < 1.29 is 25.8 Å². The molecule has 0 aliphatic rings. The van der Waals surface area contributed by atoms with Gasteiger partial charge >= 0.3 is 21.1 Å². The molecule has 10 aromatic rings. The number of imidazole rings is 1. The second-order valence-corrected chi connectivity index (χ2v) is 15.6. The number of aryl methyl sites for hydroxylation is 3. The van der Waals surface area contributed by atoms with Gasteiger partial charge in [-0.05, 0) is 60.0 Å². The summed E-state index contributed by atoms with van der Waals surface area (Å²) in [6, 6.07) is 49.7. The standard InChI is InChI=1S/C49H39N5O.Pt/c1-30-13-11-16-39-40-17-12-14-31(2)47(40)53(46(30)39)34-23-24-50-45(28-34)54-42-19-9-7-15-37(42)38-22-21-35(29-44(38)54)55-36-26-32(25-33(27-36)49(3,4)5)48-51-41-18-8-10-20-43(41)52(48)6;/h7-25,27-28H,1-6H3;/q-2;+2. The van der Waals surface area contributed by atoms with E-state index in [0.29, 0.717) is 11.5 Å². The van der Waals surface area contributed by atoms with Gasteiger partial charge in [-0.3, -0.25) is 4.98 Å².